The molecule has 0 radical (unpaired) electrons. The predicted octanol–water partition coefficient (Wildman–Crippen LogP) is 6.20. The molecular weight excluding hydrogens is 479 g/mol. The van der Waals surface area contributed by atoms with Gasteiger partial charge in [-0.3, -0.25) is 10.1 Å². The number of nitrogens with one attached hydrogen (secondary N) is 1. The lowest BCUT2D eigenvalue weighted by Crippen LogP contribution is -2.42. The first-order valence-corrected chi connectivity index (χ1v) is 11.4. The average Bonchev–Trinajstić information content (AvgIpc) is 2.79. The third kappa shape index (κ3) is 6.11. The van der Waals surface area contributed by atoms with Crippen molar-refractivity contribution in [2.24, 2.45) is 0 Å². The Morgan fingerprint density at radius 3 is 2.21 bits per heavy atom. The van der Waals surface area contributed by atoms with Gasteiger partial charge in [-0.2, -0.15) is 0 Å². The van der Waals surface area contributed by atoms with E-state index in [0.717, 1.165) is 5.56 Å². The van der Waals surface area contributed by atoms with Gasteiger partial charge < -0.3 is 9.64 Å². The Bertz CT molecular complexity index is 1160. The van der Waals surface area contributed by atoms with Gasteiger partial charge in [0.1, 0.15) is 0 Å². The molecule has 0 fully saturated rings. The van der Waals surface area contributed by atoms with Crippen LogP contribution in [0.15, 0.2) is 66.7 Å². The Hall–Kier alpha value is -2.93. The van der Waals surface area contributed by atoms with Crippen LogP contribution in [0.1, 0.15) is 38.8 Å². The molecule has 3 rings (SSSR count). The van der Waals surface area contributed by atoms with E-state index in [0.29, 0.717) is 32.4 Å². The summed E-state index contributed by atoms with van der Waals surface area (Å²) in [6.07, 6.45) is 0. The summed E-state index contributed by atoms with van der Waals surface area (Å²) in [7, 11) is 0. The molecule has 5 nitrogen and oxygen atoms in total. The quantitative estimate of drug-likeness (QED) is 0.322. The first kappa shape index (κ1) is 24.7. The molecule has 3 aromatic rings. The normalized spacial score (nSPS) is 10.4. The molecule has 0 saturated heterocycles. The van der Waals surface area contributed by atoms with Gasteiger partial charge in [-0.05, 0) is 74.1 Å². The van der Waals surface area contributed by atoms with Crippen molar-refractivity contribution in [1.82, 2.24) is 5.32 Å². The lowest BCUT2D eigenvalue weighted by atomic mass is 10.1. The summed E-state index contributed by atoms with van der Waals surface area (Å²) >= 11 is 18.4. The van der Waals surface area contributed by atoms with Crippen molar-refractivity contribution in [1.29, 1.82) is 0 Å². The molecule has 3 aromatic carbocycles. The minimum absolute atomic E-state index is 0.170. The summed E-state index contributed by atoms with van der Waals surface area (Å²) < 4.78 is 5.05. The van der Waals surface area contributed by atoms with E-state index >= 15 is 0 Å². The monoisotopic (exact) mass is 500 g/mol. The van der Waals surface area contributed by atoms with E-state index in [4.69, 9.17) is 40.2 Å². The number of halogens is 2. The number of thiocarbonyl (C=S) groups is 1. The maximum atomic E-state index is 12.9. The highest BCUT2D eigenvalue weighted by Crippen LogP contribution is 2.28. The summed E-state index contributed by atoms with van der Waals surface area (Å²) in [6.45, 7) is 4.10. The zero-order valence-corrected chi connectivity index (χ0v) is 20.4. The second-order valence-electron chi connectivity index (χ2n) is 7.13. The summed E-state index contributed by atoms with van der Waals surface area (Å²) in [6, 6.07) is 19.2. The van der Waals surface area contributed by atoms with Crippen molar-refractivity contribution in [2.75, 3.05) is 11.5 Å². The second kappa shape index (κ2) is 11.3. The molecule has 170 valence electrons. The Kier molecular flexibility index (Phi) is 8.44. The molecular formula is C25H22Cl2N2O3S. The van der Waals surface area contributed by atoms with Crippen molar-refractivity contribution in [2.45, 2.75) is 20.4 Å². The fourth-order valence-corrected chi connectivity index (χ4v) is 3.95. The van der Waals surface area contributed by atoms with Crippen molar-refractivity contribution in [3.8, 4) is 0 Å². The molecule has 0 unspecified atom stereocenters. The first-order chi connectivity index (χ1) is 15.8. The van der Waals surface area contributed by atoms with E-state index in [1.807, 2.05) is 19.1 Å². The zero-order chi connectivity index (χ0) is 24.0. The average molecular weight is 501 g/mol. The number of rotatable bonds is 6. The number of anilines is 1. The smallest absolute Gasteiger partial charge is 0.338 e. The third-order valence-corrected chi connectivity index (χ3v) is 5.95. The number of amides is 1. The van der Waals surface area contributed by atoms with Gasteiger partial charge in [0.2, 0.25) is 0 Å². The van der Waals surface area contributed by atoms with Crippen LogP contribution >= 0.6 is 35.4 Å². The maximum Gasteiger partial charge on any atom is 0.338 e. The number of esters is 1. The highest BCUT2D eigenvalue weighted by molar-refractivity contribution is 7.80. The minimum Gasteiger partial charge on any atom is -0.462 e. The standard InChI is InChI=1S/C25H22Cl2N2O3S/c1-3-32-24(31)17-11-13-18(14-12-17)29(15-20-21(26)9-6-10-22(20)27)25(33)28-23(30)19-8-5-4-7-16(19)2/h4-14H,3,15H2,1-2H3,(H,28,30,33). The van der Waals surface area contributed by atoms with Crippen LogP contribution in [-0.4, -0.2) is 23.6 Å². The van der Waals surface area contributed by atoms with Gasteiger partial charge in [0.05, 0.1) is 18.7 Å². The van der Waals surface area contributed by atoms with Crippen molar-refractivity contribution in [3.63, 3.8) is 0 Å². The molecule has 8 heteroatoms. The predicted molar refractivity (Wildman–Crippen MR) is 136 cm³/mol. The summed E-state index contributed by atoms with van der Waals surface area (Å²) in [5.74, 6) is -0.739. The number of hydrogen-bond donors (Lipinski definition) is 1. The number of carbonyl (C=O) groups excluding carboxylic acids is 2. The summed E-state index contributed by atoms with van der Waals surface area (Å²) in [5.41, 5.74) is 3.06. The molecule has 0 heterocycles. The number of benzene rings is 3. The molecule has 0 aliphatic rings. The van der Waals surface area contributed by atoms with Crippen LogP contribution in [-0.2, 0) is 11.3 Å². The SMILES string of the molecule is CCOC(=O)c1ccc(N(Cc2c(Cl)cccc2Cl)C(=S)NC(=O)c2ccccc2C)cc1. The van der Waals surface area contributed by atoms with E-state index in [1.54, 1.807) is 66.4 Å². The molecule has 33 heavy (non-hydrogen) atoms. The van der Waals surface area contributed by atoms with E-state index in [-0.39, 0.29) is 24.2 Å². The molecule has 0 atom stereocenters. The van der Waals surface area contributed by atoms with Gasteiger partial charge >= 0.3 is 5.97 Å². The number of carbonyl (C=O) groups is 2. The third-order valence-electron chi connectivity index (χ3n) is 4.92. The summed E-state index contributed by atoms with van der Waals surface area (Å²) in [5, 5.41) is 3.91. The highest BCUT2D eigenvalue weighted by atomic mass is 35.5. The topological polar surface area (TPSA) is 58.6 Å². The van der Waals surface area contributed by atoms with Crippen molar-refractivity contribution in [3.05, 3.63) is 99.0 Å². The molecule has 0 aliphatic carbocycles. The molecule has 0 bridgehead atoms. The molecule has 0 aliphatic heterocycles. The van der Waals surface area contributed by atoms with Crippen molar-refractivity contribution >= 4 is 58.1 Å². The Morgan fingerprint density at radius 2 is 1.61 bits per heavy atom. The van der Waals surface area contributed by atoms with Gasteiger partial charge in [-0.15, -0.1) is 0 Å². The van der Waals surface area contributed by atoms with Gasteiger partial charge in [0.25, 0.3) is 5.91 Å². The van der Waals surface area contributed by atoms with Crippen LogP contribution in [0, 0.1) is 6.92 Å². The fraction of sp³-hybridized carbons (Fsp3) is 0.160. The van der Waals surface area contributed by atoms with Crippen LogP contribution in [0.4, 0.5) is 5.69 Å². The van der Waals surface area contributed by atoms with E-state index < -0.39 is 5.97 Å². The number of hydrogen-bond acceptors (Lipinski definition) is 4. The Labute approximate surface area is 208 Å². The van der Waals surface area contributed by atoms with E-state index in [9.17, 15) is 9.59 Å². The van der Waals surface area contributed by atoms with Crippen LogP contribution < -0.4 is 10.2 Å². The van der Waals surface area contributed by atoms with Crippen LogP contribution in [0.5, 0.6) is 0 Å². The van der Waals surface area contributed by atoms with Gasteiger partial charge in [0, 0.05) is 26.9 Å². The van der Waals surface area contributed by atoms with Crippen LogP contribution in [0.3, 0.4) is 0 Å². The molecule has 1 N–H and O–H groups in total. The molecule has 0 saturated carbocycles. The van der Waals surface area contributed by atoms with Crippen molar-refractivity contribution < 1.29 is 14.3 Å². The zero-order valence-electron chi connectivity index (χ0n) is 18.1. The maximum absolute atomic E-state index is 12.9. The second-order valence-corrected chi connectivity index (χ2v) is 8.33. The van der Waals surface area contributed by atoms with Crippen LogP contribution in [0.25, 0.3) is 0 Å². The molecule has 0 aromatic heterocycles. The Morgan fingerprint density at radius 1 is 0.970 bits per heavy atom. The fourth-order valence-electron chi connectivity index (χ4n) is 3.17. The van der Waals surface area contributed by atoms with Gasteiger partial charge in [-0.25, -0.2) is 4.79 Å². The molecule has 1 amide bonds. The lowest BCUT2D eigenvalue weighted by molar-refractivity contribution is 0.0526. The Balaban J connectivity index is 1.93. The number of nitrogens with zero attached hydrogens (tertiary/aromatic N) is 1. The largest absolute Gasteiger partial charge is 0.462 e. The summed E-state index contributed by atoms with van der Waals surface area (Å²) in [4.78, 5) is 26.6. The number of ether oxygens (including phenoxy) is 1. The van der Waals surface area contributed by atoms with Gasteiger partial charge in [0.15, 0.2) is 5.11 Å². The van der Waals surface area contributed by atoms with Crippen LogP contribution in [0.2, 0.25) is 10.0 Å². The minimum atomic E-state index is -0.416. The van der Waals surface area contributed by atoms with E-state index in [2.05, 4.69) is 5.32 Å². The first-order valence-electron chi connectivity index (χ1n) is 10.2. The lowest BCUT2D eigenvalue weighted by Gasteiger charge is -2.27. The highest BCUT2D eigenvalue weighted by Gasteiger charge is 2.20. The van der Waals surface area contributed by atoms with Gasteiger partial charge in [-0.1, -0.05) is 47.5 Å². The molecule has 0 spiro atoms. The van der Waals surface area contributed by atoms with E-state index in [1.165, 1.54) is 0 Å². The number of aryl methyl sites for hydroxylation is 1.